The Kier molecular flexibility index (Phi) is 36.6. The maximum Gasteiger partial charge on any atom is 0.469 e. The zero-order valence-corrected chi connectivity index (χ0v) is 34.5. The van der Waals surface area contributed by atoms with Crippen LogP contribution in [0, 0.1) is 0 Å². The highest BCUT2D eigenvalue weighted by Crippen LogP contribution is 2.35. The topological polar surface area (TPSA) is 140 Å². The minimum absolute atomic E-state index is 0.0608. The number of aliphatic hydroxyl groups is 1. The van der Waals surface area contributed by atoms with Crippen LogP contribution in [0.2, 0.25) is 0 Å². The second kappa shape index (κ2) is 38.9. The molecule has 0 amide bonds. The van der Waals surface area contributed by atoms with Crippen LogP contribution in [-0.2, 0) is 28.2 Å². The molecule has 0 fully saturated rings. The third kappa shape index (κ3) is 41.7. The van der Waals surface area contributed by atoms with Gasteiger partial charge in [0.2, 0.25) is 0 Å². The predicted molar refractivity (Wildman–Crippen MR) is 226 cm³/mol. The molecule has 55 heavy (non-hydrogen) atoms. The van der Waals surface area contributed by atoms with Crippen molar-refractivity contribution < 1.29 is 43.0 Å². The Morgan fingerprint density at radius 1 is 0.564 bits per heavy atom. The van der Waals surface area contributed by atoms with Gasteiger partial charge in [-0.15, -0.1) is 0 Å². The second-order valence-electron chi connectivity index (χ2n) is 13.1. The molecule has 310 valence electrons. The smallest absolute Gasteiger partial charge is 0.462 e. The Hall–Kier alpha value is -3.33. The van der Waals surface area contributed by atoms with Gasteiger partial charge in [-0.1, -0.05) is 155 Å². The lowest BCUT2D eigenvalue weighted by molar-refractivity contribution is -0.161. The van der Waals surface area contributed by atoms with Crippen molar-refractivity contribution >= 4 is 19.8 Å². The van der Waals surface area contributed by atoms with Gasteiger partial charge in [0, 0.05) is 12.8 Å². The summed E-state index contributed by atoms with van der Waals surface area (Å²) >= 11 is 0. The van der Waals surface area contributed by atoms with Crippen molar-refractivity contribution in [3.05, 3.63) is 109 Å². The summed E-state index contributed by atoms with van der Waals surface area (Å²) in [5.74, 6) is -1.09. The quantitative estimate of drug-likeness (QED) is 0.0188. The monoisotopic (exact) mass is 786 g/mol. The largest absolute Gasteiger partial charge is 0.469 e. The van der Waals surface area contributed by atoms with Gasteiger partial charge in [0.15, 0.2) is 6.10 Å². The number of carbonyl (C=O) groups excluding carboxylic acids is 2. The molecule has 10 heteroatoms. The lowest BCUT2D eigenvalue weighted by Crippen LogP contribution is -2.29. The van der Waals surface area contributed by atoms with Crippen molar-refractivity contribution in [2.75, 3.05) is 13.2 Å². The van der Waals surface area contributed by atoms with Crippen LogP contribution in [0.5, 0.6) is 0 Å². The van der Waals surface area contributed by atoms with Crippen molar-refractivity contribution in [1.82, 2.24) is 0 Å². The Balaban J connectivity index is 4.23. The molecule has 0 radical (unpaired) electrons. The Morgan fingerprint density at radius 2 is 1.05 bits per heavy atom. The molecule has 0 saturated carbocycles. The highest BCUT2D eigenvalue weighted by molar-refractivity contribution is 7.46. The molecule has 0 bridgehead atoms. The molecule has 0 aromatic heterocycles. The molecule has 0 aromatic rings. The van der Waals surface area contributed by atoms with E-state index in [2.05, 4.69) is 79.1 Å². The van der Waals surface area contributed by atoms with E-state index in [4.69, 9.17) is 19.3 Å². The number of hydrogen-bond donors (Lipinski definition) is 3. The molecule has 0 unspecified atom stereocenters. The van der Waals surface area contributed by atoms with E-state index in [-0.39, 0.29) is 25.6 Å². The van der Waals surface area contributed by atoms with Crippen LogP contribution >= 0.6 is 7.82 Å². The fourth-order valence-electron chi connectivity index (χ4n) is 4.81. The van der Waals surface area contributed by atoms with Crippen LogP contribution in [0.1, 0.15) is 136 Å². The number of aliphatic hydroxyl groups excluding tert-OH is 1. The lowest BCUT2D eigenvalue weighted by Gasteiger charge is -2.18. The van der Waals surface area contributed by atoms with E-state index in [0.717, 1.165) is 64.2 Å². The highest BCUT2D eigenvalue weighted by atomic mass is 31.2. The standard InChI is InChI=1S/C45H71O9P/c1-3-5-7-8-9-10-11-12-13-14-15-16-17-18-21-25-28-31-35-39-45(48)54-43(41-53-55(49,50)51)40-52-44(47)38-34-30-27-24-22-19-20-23-26-29-33-37-42(46)36-32-6-4-2/h9-10,12-13,15-16,18-21,24,26-29,31,33,37,42-43,46H,3-8,11,14,17,22-23,25,30,32,34-36,38-41H2,1-2H3,(H2,49,50,51)/b10-9-,13-12-,16-15-,20-19-,21-18-,27-24-,29-26-,31-28-,37-33+/t42-,43-/m1/s1. The number of phosphoric ester groups is 1. The Bertz CT molecular complexity index is 1270. The lowest BCUT2D eigenvalue weighted by atomic mass is 10.1. The van der Waals surface area contributed by atoms with E-state index in [1.165, 1.54) is 25.7 Å². The maximum atomic E-state index is 12.4. The number of phosphoric acid groups is 1. The van der Waals surface area contributed by atoms with Gasteiger partial charge in [-0.25, -0.2) is 4.57 Å². The molecule has 0 rings (SSSR count). The SMILES string of the molecule is CCCCC/C=C\C/C=C\C/C=C\C/C=C\C/C=C\CCC(=O)O[C@H](COC(=O)CCC/C=C\C/C=C\C/C=C\C=C\[C@H](O)CCCCC)COP(=O)(O)O. The number of carbonyl (C=O) groups is 2. The Labute approximate surface area is 332 Å². The van der Waals surface area contributed by atoms with Crippen molar-refractivity contribution in [3.63, 3.8) is 0 Å². The van der Waals surface area contributed by atoms with Gasteiger partial charge >= 0.3 is 19.8 Å². The summed E-state index contributed by atoms with van der Waals surface area (Å²) in [6.45, 7) is 3.40. The number of hydrogen-bond acceptors (Lipinski definition) is 7. The summed E-state index contributed by atoms with van der Waals surface area (Å²) < 4.78 is 26.2. The molecular formula is C45H71O9P. The van der Waals surface area contributed by atoms with E-state index in [0.29, 0.717) is 19.3 Å². The number of allylic oxidation sites excluding steroid dienone is 17. The van der Waals surface area contributed by atoms with Gasteiger partial charge in [-0.05, 0) is 77.0 Å². The Morgan fingerprint density at radius 3 is 1.60 bits per heavy atom. The van der Waals surface area contributed by atoms with Crippen LogP contribution in [0.15, 0.2) is 109 Å². The van der Waals surface area contributed by atoms with Crippen molar-refractivity contribution in [1.29, 1.82) is 0 Å². The van der Waals surface area contributed by atoms with E-state index in [1.54, 1.807) is 0 Å². The first-order valence-corrected chi connectivity index (χ1v) is 21.8. The first-order chi connectivity index (χ1) is 26.7. The summed E-state index contributed by atoms with van der Waals surface area (Å²) in [5.41, 5.74) is 0. The van der Waals surface area contributed by atoms with Gasteiger partial charge in [-0.2, -0.15) is 0 Å². The molecule has 0 aliphatic rings. The fourth-order valence-corrected chi connectivity index (χ4v) is 5.17. The third-order valence-corrected chi connectivity index (χ3v) is 8.37. The van der Waals surface area contributed by atoms with E-state index in [9.17, 15) is 19.3 Å². The van der Waals surface area contributed by atoms with Gasteiger partial charge in [0.1, 0.15) is 6.61 Å². The minimum Gasteiger partial charge on any atom is -0.462 e. The average Bonchev–Trinajstić information content (AvgIpc) is 3.15. The average molecular weight is 787 g/mol. The molecule has 0 aliphatic carbocycles. The number of ether oxygens (including phenoxy) is 2. The van der Waals surface area contributed by atoms with Gasteiger partial charge in [-0.3, -0.25) is 14.1 Å². The molecule has 0 saturated heterocycles. The van der Waals surface area contributed by atoms with Crippen LogP contribution < -0.4 is 0 Å². The zero-order chi connectivity index (χ0) is 40.5. The summed E-state index contributed by atoms with van der Waals surface area (Å²) in [6.07, 6.45) is 51.5. The molecule has 0 spiro atoms. The normalized spacial score (nSPS) is 14.2. The molecular weight excluding hydrogens is 715 g/mol. The molecule has 2 atom stereocenters. The van der Waals surface area contributed by atoms with Crippen LogP contribution in [-0.4, -0.2) is 52.3 Å². The predicted octanol–water partition coefficient (Wildman–Crippen LogP) is 11.4. The highest BCUT2D eigenvalue weighted by Gasteiger charge is 2.22. The third-order valence-electron chi connectivity index (χ3n) is 7.88. The van der Waals surface area contributed by atoms with E-state index >= 15 is 0 Å². The van der Waals surface area contributed by atoms with E-state index < -0.39 is 32.5 Å². The number of esters is 2. The van der Waals surface area contributed by atoms with Gasteiger partial charge in [0.05, 0.1) is 12.7 Å². The van der Waals surface area contributed by atoms with Gasteiger partial charge in [0.25, 0.3) is 0 Å². The summed E-state index contributed by atoms with van der Waals surface area (Å²) in [5, 5.41) is 9.87. The maximum absolute atomic E-state index is 12.4. The summed E-state index contributed by atoms with van der Waals surface area (Å²) in [4.78, 5) is 42.7. The second-order valence-corrected chi connectivity index (χ2v) is 14.3. The summed E-state index contributed by atoms with van der Waals surface area (Å²) in [6, 6.07) is 0. The molecule has 0 aromatic carbocycles. The number of unbranched alkanes of at least 4 members (excludes halogenated alkanes) is 6. The molecule has 3 N–H and O–H groups in total. The van der Waals surface area contributed by atoms with E-state index in [1.807, 2.05) is 48.6 Å². The molecule has 9 nitrogen and oxygen atoms in total. The van der Waals surface area contributed by atoms with Crippen LogP contribution in [0.4, 0.5) is 0 Å². The molecule has 0 heterocycles. The van der Waals surface area contributed by atoms with Gasteiger partial charge < -0.3 is 24.4 Å². The first kappa shape index (κ1) is 51.7. The van der Waals surface area contributed by atoms with Crippen LogP contribution in [0.3, 0.4) is 0 Å². The fraction of sp³-hybridized carbons (Fsp3) is 0.556. The van der Waals surface area contributed by atoms with Crippen molar-refractivity contribution in [2.24, 2.45) is 0 Å². The number of rotatable bonds is 35. The minimum atomic E-state index is -4.80. The van der Waals surface area contributed by atoms with Crippen LogP contribution in [0.25, 0.3) is 0 Å². The summed E-state index contributed by atoms with van der Waals surface area (Å²) in [7, 11) is -4.80. The first-order valence-electron chi connectivity index (χ1n) is 20.3. The molecule has 0 aliphatic heterocycles. The van der Waals surface area contributed by atoms with Crippen molar-refractivity contribution in [3.8, 4) is 0 Å². The zero-order valence-electron chi connectivity index (χ0n) is 33.6. The van der Waals surface area contributed by atoms with Crippen molar-refractivity contribution in [2.45, 2.75) is 148 Å².